The van der Waals surface area contributed by atoms with Gasteiger partial charge in [-0.2, -0.15) is 0 Å². The molecule has 0 fully saturated rings. The summed E-state index contributed by atoms with van der Waals surface area (Å²) in [6, 6.07) is 6.32. The first kappa shape index (κ1) is 21.5. The quantitative estimate of drug-likeness (QED) is 0.293. The van der Waals surface area contributed by atoms with E-state index >= 15 is 0 Å². The van der Waals surface area contributed by atoms with Crippen molar-refractivity contribution in [1.29, 1.82) is 5.41 Å². The van der Waals surface area contributed by atoms with Crippen molar-refractivity contribution in [2.75, 3.05) is 18.1 Å². The molecule has 8 N–H and O–H groups in total. The second-order valence-corrected chi connectivity index (χ2v) is 6.71. The van der Waals surface area contributed by atoms with E-state index < -0.39 is 5.82 Å². The van der Waals surface area contributed by atoms with Crippen molar-refractivity contribution in [3.05, 3.63) is 70.3 Å². The van der Waals surface area contributed by atoms with Gasteiger partial charge in [-0.25, -0.2) is 8.78 Å². The average Bonchev–Trinajstić information content (AvgIpc) is 2.62. The lowest BCUT2D eigenvalue weighted by molar-refractivity contribution is 0.436. The number of aryl methyl sites for hydroxylation is 2. The van der Waals surface area contributed by atoms with E-state index in [1.807, 2.05) is 25.1 Å². The summed E-state index contributed by atoms with van der Waals surface area (Å²) in [5, 5.41) is 10.4. The lowest BCUT2D eigenvalue weighted by Crippen LogP contribution is -2.46. The van der Waals surface area contributed by atoms with Crippen LogP contribution in [0.25, 0.3) is 0 Å². The van der Waals surface area contributed by atoms with Crippen LogP contribution in [0.1, 0.15) is 28.2 Å². The van der Waals surface area contributed by atoms with Gasteiger partial charge in [-0.15, -0.1) is 0 Å². The van der Waals surface area contributed by atoms with Gasteiger partial charge in [0.25, 0.3) is 0 Å². The van der Waals surface area contributed by atoms with Crippen LogP contribution in [0.5, 0.6) is 0 Å². The molecule has 3 atom stereocenters. The molecule has 28 heavy (non-hydrogen) atoms. The van der Waals surface area contributed by atoms with Crippen LogP contribution in [-0.4, -0.2) is 19.4 Å². The summed E-state index contributed by atoms with van der Waals surface area (Å²) >= 11 is 0. The van der Waals surface area contributed by atoms with E-state index in [2.05, 4.69) is 11.1 Å². The molecule has 1 aliphatic heterocycles. The molecule has 0 spiro atoms. The number of rotatable bonds is 1. The lowest BCUT2D eigenvalue weighted by atomic mass is 9.71. The molecule has 0 radical (unpaired) electrons. The van der Waals surface area contributed by atoms with Crippen molar-refractivity contribution in [3.63, 3.8) is 0 Å². The van der Waals surface area contributed by atoms with Gasteiger partial charge in [0.15, 0.2) is 0 Å². The molecule has 0 saturated heterocycles. The second kappa shape index (κ2) is 8.95. The molecule has 0 saturated carbocycles. The third kappa shape index (κ3) is 4.05. The van der Waals surface area contributed by atoms with Crippen LogP contribution < -0.4 is 22.5 Å². The highest BCUT2D eigenvalue weighted by molar-refractivity contribution is 5.91. The minimum absolute atomic E-state index is 0.0656. The number of nitrogen functional groups attached to an aromatic ring is 1. The van der Waals surface area contributed by atoms with E-state index in [1.54, 1.807) is 13.0 Å². The van der Waals surface area contributed by atoms with Gasteiger partial charge in [-0.3, -0.25) is 0 Å². The summed E-state index contributed by atoms with van der Waals surface area (Å²) in [5.74, 6) is -0.309. The summed E-state index contributed by atoms with van der Waals surface area (Å²) in [5.41, 5.74) is 20.0. The molecule has 0 aromatic heterocycles. The topological polar surface area (TPSA) is 114 Å². The van der Waals surface area contributed by atoms with Crippen molar-refractivity contribution in [2.24, 2.45) is 17.4 Å². The maximum absolute atomic E-state index is 13.8. The normalized spacial score (nSPS) is 20.8. The van der Waals surface area contributed by atoms with E-state index in [-0.39, 0.29) is 23.8 Å². The molecule has 2 aliphatic rings. The molecule has 2 aromatic rings. The van der Waals surface area contributed by atoms with E-state index in [0.29, 0.717) is 16.9 Å². The molecule has 4 rings (SSSR count). The second-order valence-electron chi connectivity index (χ2n) is 6.71. The smallest absolute Gasteiger partial charge is 0.148 e. The van der Waals surface area contributed by atoms with Crippen LogP contribution in [0.15, 0.2) is 36.4 Å². The van der Waals surface area contributed by atoms with Crippen LogP contribution in [0.3, 0.4) is 0 Å². The summed E-state index contributed by atoms with van der Waals surface area (Å²) in [6.45, 7) is 3.72. The zero-order valence-electron chi connectivity index (χ0n) is 16.3. The van der Waals surface area contributed by atoms with Gasteiger partial charge >= 0.3 is 0 Å². The van der Waals surface area contributed by atoms with Gasteiger partial charge < -0.3 is 27.9 Å². The first-order valence-electron chi connectivity index (χ1n) is 8.96. The Hall–Kier alpha value is -2.77. The van der Waals surface area contributed by atoms with Crippen molar-refractivity contribution >= 4 is 17.6 Å². The molecule has 1 aliphatic carbocycles. The number of anilines is 2. The Morgan fingerprint density at radius 1 is 1.07 bits per heavy atom. The van der Waals surface area contributed by atoms with Gasteiger partial charge in [-0.05, 0) is 44.2 Å². The highest BCUT2D eigenvalue weighted by atomic mass is 19.1. The highest BCUT2D eigenvalue weighted by Gasteiger charge is 2.39. The molecule has 0 amide bonds. The number of hydrogen-bond donors (Lipinski definition) is 5. The molecular weight excluding hydrogens is 360 g/mol. The number of halogens is 2. The Bertz CT molecular complexity index is 895. The van der Waals surface area contributed by atoms with Crippen LogP contribution in [0.2, 0.25) is 0 Å². The van der Waals surface area contributed by atoms with Gasteiger partial charge in [0.2, 0.25) is 0 Å². The van der Waals surface area contributed by atoms with Crippen LogP contribution >= 0.6 is 0 Å². The first-order valence-corrected chi connectivity index (χ1v) is 8.96. The average molecular weight is 387 g/mol. The summed E-state index contributed by atoms with van der Waals surface area (Å²) < 4.78 is 26.3. The molecule has 1 heterocycles. The first-order chi connectivity index (χ1) is 13.3. The van der Waals surface area contributed by atoms with Crippen molar-refractivity contribution in [1.82, 2.24) is 0 Å². The van der Waals surface area contributed by atoms with E-state index in [1.165, 1.54) is 25.4 Å². The van der Waals surface area contributed by atoms with E-state index in [0.717, 1.165) is 16.7 Å². The SMILES string of the molecule is CN.Cc1ccc(F)c(C)c1.N=Cc1c(N)cc(F)c2c1C1C=CC1C(N)N2. The number of nitrogens with two attached hydrogens (primary N) is 3. The number of fused-ring (bicyclic) bond motifs is 3. The van der Waals surface area contributed by atoms with Crippen molar-refractivity contribution in [2.45, 2.75) is 25.9 Å². The Balaban J connectivity index is 0.000000216. The molecule has 3 unspecified atom stereocenters. The Labute approximate surface area is 164 Å². The number of allylic oxidation sites excluding steroid dienone is 1. The molecule has 2 aromatic carbocycles. The standard InChI is InChI=1S/C12H13FN4.C8H9F.CH5N/c13-8-3-9(15)7(4-14)10-5-1-2-6(5)12(16)17-11(8)10;1-6-3-4-8(9)7(2)5-6;1-2/h1-6,12,14,17H,15-16H2;3-5H,1-2H3;2H2,1H3. The predicted octanol–water partition coefficient (Wildman–Crippen LogP) is 3.40. The Morgan fingerprint density at radius 2 is 1.75 bits per heavy atom. The Kier molecular flexibility index (Phi) is 6.88. The zero-order chi connectivity index (χ0) is 21.0. The fourth-order valence-electron chi connectivity index (χ4n) is 3.40. The highest BCUT2D eigenvalue weighted by Crippen LogP contribution is 2.47. The third-order valence-electron chi connectivity index (χ3n) is 4.86. The monoisotopic (exact) mass is 387 g/mol. The van der Waals surface area contributed by atoms with E-state index in [4.69, 9.17) is 16.9 Å². The van der Waals surface area contributed by atoms with Crippen LogP contribution in [-0.2, 0) is 0 Å². The molecule has 0 bridgehead atoms. The van der Waals surface area contributed by atoms with Crippen LogP contribution in [0, 0.1) is 36.8 Å². The van der Waals surface area contributed by atoms with E-state index in [9.17, 15) is 8.78 Å². The third-order valence-corrected chi connectivity index (χ3v) is 4.86. The predicted molar refractivity (Wildman–Crippen MR) is 112 cm³/mol. The van der Waals surface area contributed by atoms with Gasteiger partial charge in [0.1, 0.15) is 11.6 Å². The summed E-state index contributed by atoms with van der Waals surface area (Å²) in [4.78, 5) is 0. The fraction of sp³-hybridized carbons (Fsp3) is 0.286. The number of nitrogens with one attached hydrogen (secondary N) is 2. The van der Waals surface area contributed by atoms with Crippen molar-refractivity contribution in [3.8, 4) is 0 Å². The summed E-state index contributed by atoms with van der Waals surface area (Å²) in [7, 11) is 1.50. The molecule has 150 valence electrons. The minimum atomic E-state index is -0.405. The largest absolute Gasteiger partial charge is 0.398 e. The van der Waals surface area contributed by atoms with Gasteiger partial charge in [0, 0.05) is 29.3 Å². The fourth-order valence-corrected chi connectivity index (χ4v) is 3.40. The summed E-state index contributed by atoms with van der Waals surface area (Å²) in [6.07, 6.45) is 4.88. The van der Waals surface area contributed by atoms with Gasteiger partial charge in [-0.1, -0.05) is 29.8 Å². The number of hydrogen-bond acceptors (Lipinski definition) is 5. The molecular formula is C21H27F2N5. The van der Waals surface area contributed by atoms with Crippen molar-refractivity contribution < 1.29 is 8.78 Å². The number of benzene rings is 2. The van der Waals surface area contributed by atoms with Crippen LogP contribution in [0.4, 0.5) is 20.2 Å². The minimum Gasteiger partial charge on any atom is -0.398 e. The molecule has 7 heteroatoms. The van der Waals surface area contributed by atoms with Gasteiger partial charge in [0.05, 0.1) is 11.9 Å². The maximum atomic E-state index is 13.8. The molecule has 5 nitrogen and oxygen atoms in total. The zero-order valence-corrected chi connectivity index (χ0v) is 16.3. The lowest BCUT2D eigenvalue weighted by Gasteiger charge is -2.42. The Morgan fingerprint density at radius 3 is 2.25 bits per heavy atom. The maximum Gasteiger partial charge on any atom is 0.148 e.